The first-order chi connectivity index (χ1) is 12.9. The van der Waals surface area contributed by atoms with Gasteiger partial charge >= 0.3 is 5.69 Å². The molecule has 8 heteroatoms. The molecule has 2 aromatic carbocycles. The largest absolute Gasteiger partial charge is 0.493 e. The number of nitrogens with zero attached hydrogens (tertiary/aromatic N) is 2. The number of benzene rings is 2. The zero-order valence-electron chi connectivity index (χ0n) is 14.2. The minimum atomic E-state index is -0.940. The number of hydrogen-bond acceptors (Lipinski definition) is 4. The zero-order valence-corrected chi connectivity index (χ0v) is 15.8. The van der Waals surface area contributed by atoms with Gasteiger partial charge in [0.25, 0.3) is 5.56 Å². The highest BCUT2D eigenvalue weighted by molar-refractivity contribution is 9.10. The number of rotatable bonds is 4. The van der Waals surface area contributed by atoms with Crippen LogP contribution in [0, 0.1) is 5.82 Å². The minimum Gasteiger partial charge on any atom is -0.493 e. The van der Waals surface area contributed by atoms with Crippen molar-refractivity contribution in [3.05, 3.63) is 90.8 Å². The molecule has 1 heterocycles. The predicted molar refractivity (Wildman–Crippen MR) is 104 cm³/mol. The lowest BCUT2D eigenvalue weighted by Gasteiger charge is -2.12. The maximum absolute atomic E-state index is 14.1. The summed E-state index contributed by atoms with van der Waals surface area (Å²) >= 11 is 3.42. The summed E-state index contributed by atoms with van der Waals surface area (Å²) in [6.45, 7) is 1.79. The molecule has 3 rings (SSSR count). The predicted octanol–water partition coefficient (Wildman–Crippen LogP) is 3.14. The van der Waals surface area contributed by atoms with E-state index in [1.165, 1.54) is 25.1 Å². The Morgan fingerprint density at radius 3 is 2.56 bits per heavy atom. The van der Waals surface area contributed by atoms with Gasteiger partial charge in [0.15, 0.2) is 0 Å². The first-order valence-electron chi connectivity index (χ1n) is 7.98. The van der Waals surface area contributed by atoms with Crippen LogP contribution in [0.5, 0.6) is 5.88 Å². The van der Waals surface area contributed by atoms with Crippen LogP contribution in [-0.2, 0) is 6.54 Å². The van der Waals surface area contributed by atoms with E-state index < -0.39 is 22.9 Å². The highest BCUT2D eigenvalue weighted by Gasteiger charge is 2.19. The summed E-state index contributed by atoms with van der Waals surface area (Å²) in [6.07, 6.45) is 0. The van der Waals surface area contributed by atoms with Gasteiger partial charge in [0.1, 0.15) is 11.4 Å². The fourth-order valence-electron chi connectivity index (χ4n) is 2.62. The average Bonchev–Trinajstić information content (AvgIpc) is 2.62. The molecule has 27 heavy (non-hydrogen) atoms. The fraction of sp³-hybridized carbons (Fsp3) is 0.105. The molecule has 2 N–H and O–H groups in total. The summed E-state index contributed by atoms with van der Waals surface area (Å²) in [4.78, 5) is 30.8. The van der Waals surface area contributed by atoms with Crippen LogP contribution >= 0.6 is 15.9 Å². The normalized spacial score (nSPS) is 11.6. The van der Waals surface area contributed by atoms with Crippen LogP contribution in [-0.4, -0.2) is 20.4 Å². The maximum atomic E-state index is 14.1. The van der Waals surface area contributed by atoms with E-state index in [1.54, 1.807) is 0 Å². The Kier molecular flexibility index (Phi) is 5.36. The second-order valence-corrected chi connectivity index (χ2v) is 6.59. The lowest BCUT2D eigenvalue weighted by molar-refractivity contribution is 0.426. The van der Waals surface area contributed by atoms with Crippen molar-refractivity contribution < 1.29 is 9.50 Å². The van der Waals surface area contributed by atoms with Crippen molar-refractivity contribution in [2.75, 3.05) is 0 Å². The molecule has 0 saturated carbocycles. The fourth-order valence-corrected chi connectivity index (χ4v) is 3.03. The molecule has 0 bridgehead atoms. The van der Waals surface area contributed by atoms with E-state index in [4.69, 9.17) is 0 Å². The Bertz CT molecular complexity index is 1150. The molecule has 0 aliphatic carbocycles. The molecule has 0 spiro atoms. The number of nitrogens with one attached hydrogen (secondary N) is 1. The van der Waals surface area contributed by atoms with Crippen LogP contribution in [0.4, 0.5) is 4.39 Å². The van der Waals surface area contributed by atoms with Crippen molar-refractivity contribution in [3.63, 3.8) is 0 Å². The Labute approximate surface area is 161 Å². The number of hydrogen-bond donors (Lipinski definition) is 2. The van der Waals surface area contributed by atoms with Gasteiger partial charge in [0.05, 0.1) is 17.9 Å². The highest BCUT2D eigenvalue weighted by atomic mass is 79.9. The van der Waals surface area contributed by atoms with Crippen molar-refractivity contribution in [2.45, 2.75) is 13.5 Å². The molecular formula is C19H15BrFN3O3. The van der Waals surface area contributed by atoms with E-state index in [0.717, 1.165) is 16.1 Å². The molecule has 6 nitrogen and oxygen atoms in total. The maximum Gasteiger partial charge on any atom is 0.335 e. The summed E-state index contributed by atoms with van der Waals surface area (Å²) in [5.74, 6) is -1.38. The molecule has 0 fully saturated rings. The van der Waals surface area contributed by atoms with Crippen LogP contribution in [0.15, 0.2) is 67.6 Å². The summed E-state index contributed by atoms with van der Waals surface area (Å²) in [6, 6.07) is 12.9. The molecule has 1 aromatic heterocycles. The molecule has 0 unspecified atom stereocenters. The first-order valence-corrected chi connectivity index (χ1v) is 8.77. The van der Waals surface area contributed by atoms with Crippen LogP contribution in [0.1, 0.15) is 18.1 Å². The SMILES string of the molecule is CC(=NCc1ccccc1Br)c1c(O)n(-c2ccccc2F)c(=O)[nH]c1=O. The van der Waals surface area contributed by atoms with Gasteiger partial charge in [0.2, 0.25) is 5.88 Å². The van der Waals surface area contributed by atoms with Crippen LogP contribution in [0.25, 0.3) is 5.69 Å². The molecule has 0 aliphatic rings. The van der Waals surface area contributed by atoms with Gasteiger partial charge in [-0.05, 0) is 30.7 Å². The van der Waals surface area contributed by atoms with Crippen molar-refractivity contribution in [2.24, 2.45) is 4.99 Å². The van der Waals surface area contributed by atoms with Gasteiger partial charge < -0.3 is 5.11 Å². The van der Waals surface area contributed by atoms with Gasteiger partial charge in [-0.15, -0.1) is 0 Å². The van der Waals surface area contributed by atoms with Crippen molar-refractivity contribution >= 4 is 21.6 Å². The van der Waals surface area contributed by atoms with Crippen molar-refractivity contribution in [1.29, 1.82) is 0 Å². The van der Waals surface area contributed by atoms with E-state index in [0.29, 0.717) is 4.57 Å². The summed E-state index contributed by atoms with van der Waals surface area (Å²) in [7, 11) is 0. The van der Waals surface area contributed by atoms with Gasteiger partial charge in [-0.25, -0.2) is 13.8 Å². The second kappa shape index (κ2) is 7.71. The third kappa shape index (κ3) is 3.75. The van der Waals surface area contributed by atoms with Crippen LogP contribution in [0.2, 0.25) is 0 Å². The third-order valence-corrected chi connectivity index (χ3v) is 4.76. The average molecular weight is 432 g/mol. The zero-order chi connectivity index (χ0) is 19.6. The van der Waals surface area contributed by atoms with E-state index in [2.05, 4.69) is 25.9 Å². The lowest BCUT2D eigenvalue weighted by atomic mass is 10.2. The summed E-state index contributed by atoms with van der Waals surface area (Å²) in [5.41, 5.74) is -0.991. The molecule has 138 valence electrons. The number of aliphatic imine (C=N–C) groups is 1. The van der Waals surface area contributed by atoms with Crippen LogP contribution in [0.3, 0.4) is 0 Å². The monoisotopic (exact) mass is 431 g/mol. The van der Waals surface area contributed by atoms with Gasteiger partial charge in [0, 0.05) is 4.47 Å². The van der Waals surface area contributed by atoms with E-state index >= 15 is 0 Å². The van der Waals surface area contributed by atoms with Gasteiger partial charge in [-0.1, -0.05) is 46.3 Å². The third-order valence-electron chi connectivity index (χ3n) is 3.99. The Morgan fingerprint density at radius 2 is 1.85 bits per heavy atom. The van der Waals surface area contributed by atoms with E-state index in [1.807, 2.05) is 24.3 Å². The molecule has 0 saturated heterocycles. The van der Waals surface area contributed by atoms with Gasteiger partial charge in [-0.3, -0.25) is 14.8 Å². The highest BCUT2D eigenvalue weighted by Crippen LogP contribution is 2.21. The summed E-state index contributed by atoms with van der Waals surface area (Å²) in [5, 5.41) is 10.5. The molecular weight excluding hydrogens is 417 g/mol. The van der Waals surface area contributed by atoms with Gasteiger partial charge in [-0.2, -0.15) is 0 Å². The minimum absolute atomic E-state index is 0.170. The molecule has 0 atom stereocenters. The number of H-pyrrole nitrogens is 1. The number of halogens is 2. The smallest absolute Gasteiger partial charge is 0.335 e. The van der Waals surface area contributed by atoms with E-state index in [-0.39, 0.29) is 23.5 Å². The number of aromatic amines is 1. The van der Waals surface area contributed by atoms with Crippen molar-refractivity contribution in [1.82, 2.24) is 9.55 Å². The molecule has 0 radical (unpaired) electrons. The molecule has 0 aliphatic heterocycles. The van der Waals surface area contributed by atoms with Crippen LogP contribution < -0.4 is 11.2 Å². The number of aromatic hydroxyl groups is 1. The Balaban J connectivity index is 2.11. The van der Waals surface area contributed by atoms with E-state index in [9.17, 15) is 19.1 Å². The number of aromatic nitrogens is 2. The topological polar surface area (TPSA) is 87.4 Å². The quantitative estimate of drug-likeness (QED) is 0.621. The van der Waals surface area contributed by atoms with Crippen molar-refractivity contribution in [3.8, 4) is 11.6 Å². The lowest BCUT2D eigenvalue weighted by Crippen LogP contribution is -2.33. The summed E-state index contributed by atoms with van der Waals surface area (Å²) < 4.78 is 15.7. The number of para-hydroxylation sites is 1. The Hall–Kier alpha value is -3.00. The standard InChI is InChI=1S/C19H15BrFN3O3/c1-11(22-10-12-6-2-3-7-13(12)20)16-17(25)23-19(27)24(18(16)26)15-9-5-4-8-14(15)21/h2-9,26H,10H2,1H3,(H,23,25,27). The second-order valence-electron chi connectivity index (χ2n) is 5.74. The molecule has 3 aromatic rings. The first kappa shape index (κ1) is 18.8. The Morgan fingerprint density at radius 1 is 1.19 bits per heavy atom. The molecule has 0 amide bonds.